The van der Waals surface area contributed by atoms with E-state index in [0.717, 1.165) is 37.5 Å². The lowest BCUT2D eigenvalue weighted by Gasteiger charge is -2.33. The van der Waals surface area contributed by atoms with Gasteiger partial charge in [-0.1, -0.05) is 12.1 Å². The second kappa shape index (κ2) is 6.34. The van der Waals surface area contributed by atoms with E-state index in [9.17, 15) is 0 Å². The van der Waals surface area contributed by atoms with Crippen molar-refractivity contribution in [3.05, 3.63) is 59.5 Å². The van der Waals surface area contributed by atoms with Crippen LogP contribution in [0.5, 0.6) is 0 Å². The van der Waals surface area contributed by atoms with Gasteiger partial charge in [0.15, 0.2) is 0 Å². The molecule has 0 amide bonds. The standard InChI is InChI=1S/C19H22N4O/c1-14-10-15(11-16-4-3-6-20-19(14)16)12-23-8-9-24-18(13-23)17-5-7-21-22(17)2/h3-7,10-11,18H,8-9,12-13H2,1-2H3. The average molecular weight is 322 g/mol. The zero-order valence-electron chi connectivity index (χ0n) is 14.1. The molecule has 1 unspecified atom stereocenters. The zero-order chi connectivity index (χ0) is 16.5. The van der Waals surface area contributed by atoms with Gasteiger partial charge in [-0.3, -0.25) is 14.6 Å². The molecule has 3 aromatic rings. The number of pyridine rings is 1. The van der Waals surface area contributed by atoms with Crippen LogP contribution in [0.4, 0.5) is 0 Å². The van der Waals surface area contributed by atoms with Crippen molar-refractivity contribution in [1.82, 2.24) is 19.7 Å². The number of nitrogens with zero attached hydrogens (tertiary/aromatic N) is 4. The van der Waals surface area contributed by atoms with Crippen molar-refractivity contribution in [2.24, 2.45) is 7.05 Å². The van der Waals surface area contributed by atoms with E-state index < -0.39 is 0 Å². The Labute approximate surface area is 141 Å². The number of ether oxygens (including phenoxy) is 1. The number of morpholine rings is 1. The number of aromatic nitrogens is 3. The minimum absolute atomic E-state index is 0.0921. The molecule has 1 aromatic carbocycles. The fraction of sp³-hybridized carbons (Fsp3) is 0.368. The smallest absolute Gasteiger partial charge is 0.112 e. The average Bonchev–Trinajstić information content (AvgIpc) is 3.01. The van der Waals surface area contributed by atoms with Gasteiger partial charge in [-0.2, -0.15) is 5.10 Å². The van der Waals surface area contributed by atoms with Crippen LogP contribution in [0.1, 0.15) is 22.9 Å². The van der Waals surface area contributed by atoms with E-state index in [2.05, 4.69) is 40.1 Å². The van der Waals surface area contributed by atoms with Crippen molar-refractivity contribution in [3.8, 4) is 0 Å². The largest absolute Gasteiger partial charge is 0.369 e. The van der Waals surface area contributed by atoms with Crippen LogP contribution in [-0.4, -0.2) is 39.4 Å². The molecule has 4 rings (SSSR count). The summed E-state index contributed by atoms with van der Waals surface area (Å²) in [5.41, 5.74) is 4.80. The van der Waals surface area contributed by atoms with Crippen molar-refractivity contribution < 1.29 is 4.74 Å². The second-order valence-electron chi connectivity index (χ2n) is 6.46. The molecule has 0 N–H and O–H groups in total. The molecule has 5 heteroatoms. The first-order valence-electron chi connectivity index (χ1n) is 8.37. The highest BCUT2D eigenvalue weighted by atomic mass is 16.5. The summed E-state index contributed by atoms with van der Waals surface area (Å²) in [5, 5.41) is 5.47. The van der Waals surface area contributed by atoms with Gasteiger partial charge < -0.3 is 4.74 Å². The van der Waals surface area contributed by atoms with Crippen LogP contribution >= 0.6 is 0 Å². The third-order valence-corrected chi connectivity index (χ3v) is 4.70. The fourth-order valence-electron chi connectivity index (χ4n) is 3.53. The monoisotopic (exact) mass is 322 g/mol. The SMILES string of the molecule is Cc1cc(CN2CCOC(c3ccnn3C)C2)cc2cccnc12. The van der Waals surface area contributed by atoms with Crippen LogP contribution in [0, 0.1) is 6.92 Å². The number of benzene rings is 1. The van der Waals surface area contributed by atoms with E-state index in [1.165, 1.54) is 16.5 Å². The summed E-state index contributed by atoms with van der Waals surface area (Å²) in [5.74, 6) is 0. The van der Waals surface area contributed by atoms with E-state index in [0.29, 0.717) is 0 Å². The van der Waals surface area contributed by atoms with Gasteiger partial charge in [0.1, 0.15) is 6.10 Å². The quantitative estimate of drug-likeness (QED) is 0.744. The summed E-state index contributed by atoms with van der Waals surface area (Å²) in [6.45, 7) is 5.67. The van der Waals surface area contributed by atoms with Gasteiger partial charge in [0.25, 0.3) is 0 Å². The summed E-state index contributed by atoms with van der Waals surface area (Å²) >= 11 is 0. The Hall–Kier alpha value is -2.24. The minimum Gasteiger partial charge on any atom is -0.369 e. The molecule has 0 aliphatic carbocycles. The molecule has 3 heterocycles. The molecule has 0 bridgehead atoms. The first kappa shape index (κ1) is 15.3. The van der Waals surface area contributed by atoms with Crippen molar-refractivity contribution in [1.29, 1.82) is 0 Å². The Morgan fingerprint density at radius 3 is 3.00 bits per heavy atom. The lowest BCUT2D eigenvalue weighted by Crippen LogP contribution is -2.38. The maximum atomic E-state index is 5.95. The Morgan fingerprint density at radius 2 is 2.17 bits per heavy atom. The first-order valence-corrected chi connectivity index (χ1v) is 8.37. The van der Waals surface area contributed by atoms with Crippen molar-refractivity contribution in [3.63, 3.8) is 0 Å². The molecular formula is C19H22N4O. The highest BCUT2D eigenvalue weighted by molar-refractivity contribution is 5.82. The van der Waals surface area contributed by atoms with Crippen LogP contribution in [-0.2, 0) is 18.3 Å². The number of rotatable bonds is 3. The lowest BCUT2D eigenvalue weighted by atomic mass is 10.1. The van der Waals surface area contributed by atoms with Gasteiger partial charge in [0.2, 0.25) is 0 Å². The van der Waals surface area contributed by atoms with Crippen LogP contribution in [0.15, 0.2) is 42.7 Å². The summed E-state index contributed by atoms with van der Waals surface area (Å²) in [4.78, 5) is 6.94. The summed E-state index contributed by atoms with van der Waals surface area (Å²) < 4.78 is 7.86. The van der Waals surface area contributed by atoms with E-state index >= 15 is 0 Å². The third kappa shape index (κ3) is 2.92. The van der Waals surface area contributed by atoms with Gasteiger partial charge in [0.05, 0.1) is 17.8 Å². The molecule has 0 spiro atoms. The molecule has 5 nitrogen and oxygen atoms in total. The van der Waals surface area contributed by atoms with Crippen molar-refractivity contribution in [2.45, 2.75) is 19.6 Å². The maximum Gasteiger partial charge on any atom is 0.112 e. The number of hydrogen-bond acceptors (Lipinski definition) is 4. The van der Waals surface area contributed by atoms with Gasteiger partial charge in [-0.15, -0.1) is 0 Å². The van der Waals surface area contributed by atoms with Crippen LogP contribution in [0.3, 0.4) is 0 Å². The van der Waals surface area contributed by atoms with Gasteiger partial charge in [-0.25, -0.2) is 0 Å². The molecule has 24 heavy (non-hydrogen) atoms. The van der Waals surface area contributed by atoms with Gasteiger partial charge in [0, 0.05) is 44.5 Å². The van der Waals surface area contributed by atoms with E-state index in [1.54, 1.807) is 0 Å². The van der Waals surface area contributed by atoms with Crippen LogP contribution in [0.25, 0.3) is 10.9 Å². The Balaban J connectivity index is 1.54. The Bertz CT molecular complexity index is 857. The van der Waals surface area contributed by atoms with Crippen LogP contribution < -0.4 is 0 Å². The number of aryl methyl sites for hydroxylation is 2. The molecule has 1 saturated heterocycles. The van der Waals surface area contributed by atoms with Crippen molar-refractivity contribution in [2.75, 3.05) is 19.7 Å². The fourth-order valence-corrected chi connectivity index (χ4v) is 3.53. The third-order valence-electron chi connectivity index (χ3n) is 4.70. The molecule has 1 aliphatic heterocycles. The zero-order valence-corrected chi connectivity index (χ0v) is 14.1. The molecule has 124 valence electrons. The molecular weight excluding hydrogens is 300 g/mol. The molecule has 1 fully saturated rings. The molecule has 1 atom stereocenters. The molecule has 2 aromatic heterocycles. The summed E-state index contributed by atoms with van der Waals surface area (Å²) in [6.07, 6.45) is 3.78. The Morgan fingerprint density at radius 1 is 1.25 bits per heavy atom. The molecule has 0 saturated carbocycles. The van der Waals surface area contributed by atoms with Gasteiger partial charge in [-0.05, 0) is 36.2 Å². The highest BCUT2D eigenvalue weighted by Gasteiger charge is 2.24. The number of fused-ring (bicyclic) bond motifs is 1. The predicted molar refractivity (Wildman–Crippen MR) is 93.7 cm³/mol. The van der Waals surface area contributed by atoms with E-state index in [4.69, 9.17) is 4.74 Å². The summed E-state index contributed by atoms with van der Waals surface area (Å²) in [7, 11) is 1.97. The maximum absolute atomic E-state index is 5.95. The minimum atomic E-state index is 0.0921. The highest BCUT2D eigenvalue weighted by Crippen LogP contribution is 2.24. The first-order chi connectivity index (χ1) is 11.7. The van der Waals surface area contributed by atoms with E-state index in [-0.39, 0.29) is 6.10 Å². The second-order valence-corrected chi connectivity index (χ2v) is 6.46. The van der Waals surface area contributed by atoms with Crippen LogP contribution in [0.2, 0.25) is 0 Å². The van der Waals surface area contributed by atoms with Crippen molar-refractivity contribution >= 4 is 10.9 Å². The topological polar surface area (TPSA) is 43.2 Å². The summed E-state index contributed by atoms with van der Waals surface area (Å²) in [6, 6.07) is 10.7. The predicted octanol–water partition coefficient (Wildman–Crippen LogP) is 2.85. The van der Waals surface area contributed by atoms with E-state index in [1.807, 2.05) is 36.3 Å². The molecule has 1 aliphatic rings. The normalized spacial score (nSPS) is 19.0. The molecule has 0 radical (unpaired) electrons. The van der Waals surface area contributed by atoms with Gasteiger partial charge >= 0.3 is 0 Å². The Kier molecular flexibility index (Phi) is 4.04. The lowest BCUT2D eigenvalue weighted by molar-refractivity contribution is -0.0366. The number of hydrogen-bond donors (Lipinski definition) is 0.